The van der Waals surface area contributed by atoms with Gasteiger partial charge in [-0.15, -0.1) is 11.3 Å². The number of likely N-dealkylation sites (N-methyl/N-ethyl adjacent to an activating group) is 1. The highest BCUT2D eigenvalue weighted by molar-refractivity contribution is 9.11. The van der Waals surface area contributed by atoms with Gasteiger partial charge < -0.3 is 10.6 Å². The minimum atomic E-state index is -0.0553. The van der Waals surface area contributed by atoms with Crippen molar-refractivity contribution in [3.63, 3.8) is 0 Å². The van der Waals surface area contributed by atoms with Gasteiger partial charge in [0.1, 0.15) is 0 Å². The second-order valence-electron chi connectivity index (χ2n) is 5.00. The predicted octanol–water partition coefficient (Wildman–Crippen LogP) is 3.11. The highest BCUT2D eigenvalue weighted by atomic mass is 79.9. The maximum Gasteiger partial charge on any atom is 0.0701 e. The minimum Gasteiger partial charge on any atom is -0.326 e. The third-order valence-corrected chi connectivity index (χ3v) is 4.19. The third-order valence-electron chi connectivity index (χ3n) is 2.51. The molecule has 0 fully saturated rings. The van der Waals surface area contributed by atoms with Crippen LogP contribution in [0.4, 0.5) is 0 Å². The highest BCUT2D eigenvalue weighted by Crippen LogP contribution is 2.22. The van der Waals surface area contributed by atoms with Crippen LogP contribution < -0.4 is 5.73 Å². The van der Waals surface area contributed by atoms with E-state index in [1.54, 1.807) is 0 Å². The molecule has 1 rings (SSSR count). The summed E-state index contributed by atoms with van der Waals surface area (Å²) in [7, 11) is 2.16. The normalized spacial score (nSPS) is 12.4. The van der Waals surface area contributed by atoms with Crippen LogP contribution in [0.15, 0.2) is 15.9 Å². The summed E-state index contributed by atoms with van der Waals surface area (Å²) in [6.07, 6.45) is 2.16. The Balaban J connectivity index is 2.22. The molecule has 0 aliphatic carbocycles. The third kappa shape index (κ3) is 5.99. The molecule has 0 aliphatic rings. The van der Waals surface area contributed by atoms with Crippen molar-refractivity contribution >= 4 is 27.3 Å². The van der Waals surface area contributed by atoms with Gasteiger partial charge in [-0.2, -0.15) is 0 Å². The average molecular weight is 305 g/mol. The summed E-state index contributed by atoms with van der Waals surface area (Å²) >= 11 is 5.30. The number of hydrogen-bond acceptors (Lipinski definition) is 3. The monoisotopic (exact) mass is 304 g/mol. The molecule has 0 aliphatic heterocycles. The minimum absolute atomic E-state index is 0.0553. The molecule has 0 radical (unpaired) electrons. The topological polar surface area (TPSA) is 29.3 Å². The maximum atomic E-state index is 5.96. The van der Waals surface area contributed by atoms with Crippen molar-refractivity contribution in [2.75, 3.05) is 20.1 Å². The van der Waals surface area contributed by atoms with Crippen LogP contribution in [0.3, 0.4) is 0 Å². The second kappa shape index (κ2) is 6.15. The van der Waals surface area contributed by atoms with E-state index in [-0.39, 0.29) is 5.54 Å². The molecule has 2 nitrogen and oxygen atoms in total. The highest BCUT2D eigenvalue weighted by Gasteiger charge is 2.11. The van der Waals surface area contributed by atoms with Crippen molar-refractivity contribution in [1.29, 1.82) is 0 Å². The lowest BCUT2D eigenvalue weighted by molar-refractivity contribution is 0.299. The van der Waals surface area contributed by atoms with Gasteiger partial charge in [0.25, 0.3) is 0 Å². The van der Waals surface area contributed by atoms with Crippen molar-refractivity contribution < 1.29 is 0 Å². The van der Waals surface area contributed by atoms with Crippen molar-refractivity contribution in [3.8, 4) is 0 Å². The molecule has 0 spiro atoms. The number of nitrogens with two attached hydrogens (primary N) is 1. The van der Waals surface area contributed by atoms with Crippen molar-refractivity contribution in [1.82, 2.24) is 4.90 Å². The fourth-order valence-corrected chi connectivity index (χ4v) is 2.85. The summed E-state index contributed by atoms with van der Waals surface area (Å²) in [6, 6.07) is 4.30. The second-order valence-corrected chi connectivity index (χ2v) is 7.55. The fraction of sp³-hybridized carbons (Fsp3) is 0.667. The van der Waals surface area contributed by atoms with E-state index in [2.05, 4.69) is 53.9 Å². The van der Waals surface area contributed by atoms with E-state index in [0.717, 1.165) is 25.9 Å². The molecule has 0 unspecified atom stereocenters. The first-order valence-electron chi connectivity index (χ1n) is 5.58. The SMILES string of the molecule is CN(CCc1ccc(Br)s1)CCC(C)(C)N. The van der Waals surface area contributed by atoms with E-state index in [1.807, 2.05) is 11.3 Å². The largest absolute Gasteiger partial charge is 0.326 e. The van der Waals surface area contributed by atoms with Gasteiger partial charge >= 0.3 is 0 Å². The number of nitrogens with zero attached hydrogens (tertiary/aromatic N) is 1. The van der Waals surface area contributed by atoms with Gasteiger partial charge in [-0.3, -0.25) is 0 Å². The fourth-order valence-electron chi connectivity index (χ4n) is 1.38. The van der Waals surface area contributed by atoms with Gasteiger partial charge in [0, 0.05) is 17.0 Å². The molecule has 1 aromatic heterocycles. The van der Waals surface area contributed by atoms with E-state index in [9.17, 15) is 0 Å². The van der Waals surface area contributed by atoms with E-state index in [4.69, 9.17) is 5.73 Å². The van der Waals surface area contributed by atoms with Gasteiger partial charge in [-0.1, -0.05) is 0 Å². The number of hydrogen-bond donors (Lipinski definition) is 1. The quantitative estimate of drug-likeness (QED) is 0.875. The van der Waals surface area contributed by atoms with Crippen LogP contribution in [0.2, 0.25) is 0 Å². The van der Waals surface area contributed by atoms with Crippen molar-refractivity contribution in [2.45, 2.75) is 32.2 Å². The summed E-state index contributed by atoms with van der Waals surface area (Å²) in [4.78, 5) is 3.79. The molecule has 0 amide bonds. The predicted molar refractivity (Wildman–Crippen MR) is 76.1 cm³/mol. The Morgan fingerprint density at radius 2 is 2.06 bits per heavy atom. The zero-order valence-corrected chi connectivity index (χ0v) is 12.7. The van der Waals surface area contributed by atoms with Crippen molar-refractivity contribution in [3.05, 3.63) is 20.8 Å². The van der Waals surface area contributed by atoms with Crippen LogP contribution >= 0.6 is 27.3 Å². The molecule has 0 aromatic carbocycles. The first kappa shape index (κ1) is 14.2. The number of halogens is 1. The molecule has 1 aromatic rings. The summed E-state index contributed by atoms with van der Waals surface area (Å²) in [6.45, 7) is 6.33. The maximum absolute atomic E-state index is 5.96. The first-order valence-corrected chi connectivity index (χ1v) is 7.19. The zero-order chi connectivity index (χ0) is 12.2. The van der Waals surface area contributed by atoms with Gasteiger partial charge in [-0.25, -0.2) is 0 Å². The Kier molecular flexibility index (Phi) is 5.44. The Bertz CT molecular complexity index is 317. The van der Waals surface area contributed by atoms with E-state index in [1.165, 1.54) is 8.66 Å². The molecular weight excluding hydrogens is 284 g/mol. The summed E-state index contributed by atoms with van der Waals surface area (Å²) < 4.78 is 1.22. The Hall–Kier alpha value is 0.1000. The van der Waals surface area contributed by atoms with Crippen molar-refractivity contribution in [2.24, 2.45) is 5.73 Å². The Morgan fingerprint density at radius 1 is 1.38 bits per heavy atom. The number of rotatable bonds is 6. The first-order chi connectivity index (χ1) is 7.37. The number of thiophene rings is 1. The standard InChI is InChI=1S/C12H21BrN2S/c1-12(2,14)7-9-15(3)8-6-10-4-5-11(13)16-10/h4-5H,6-9,14H2,1-3H3. The van der Waals surface area contributed by atoms with Crippen LogP contribution in [-0.2, 0) is 6.42 Å². The molecule has 4 heteroatoms. The summed E-state index contributed by atoms with van der Waals surface area (Å²) in [5, 5.41) is 0. The molecule has 1 heterocycles. The van der Waals surface area contributed by atoms with E-state index in [0.29, 0.717) is 0 Å². The molecule has 0 bridgehead atoms. The van der Waals surface area contributed by atoms with Crippen LogP contribution in [0.25, 0.3) is 0 Å². The van der Waals surface area contributed by atoms with Crippen LogP contribution in [0.5, 0.6) is 0 Å². The summed E-state index contributed by atoms with van der Waals surface area (Å²) in [5.74, 6) is 0. The van der Waals surface area contributed by atoms with Crippen LogP contribution in [-0.4, -0.2) is 30.6 Å². The van der Waals surface area contributed by atoms with Gasteiger partial charge in [-0.05, 0) is 68.3 Å². The van der Waals surface area contributed by atoms with Crippen LogP contribution in [0.1, 0.15) is 25.1 Å². The van der Waals surface area contributed by atoms with Gasteiger partial charge in [0.15, 0.2) is 0 Å². The van der Waals surface area contributed by atoms with E-state index < -0.39 is 0 Å². The van der Waals surface area contributed by atoms with Gasteiger partial charge in [0.2, 0.25) is 0 Å². The lowest BCUT2D eigenvalue weighted by atomic mass is 10.0. The molecule has 0 saturated carbocycles. The smallest absolute Gasteiger partial charge is 0.0701 e. The van der Waals surface area contributed by atoms with Gasteiger partial charge in [0.05, 0.1) is 3.79 Å². The van der Waals surface area contributed by atoms with E-state index >= 15 is 0 Å². The molecule has 0 saturated heterocycles. The Labute approximate surface area is 111 Å². The average Bonchev–Trinajstić information content (AvgIpc) is 2.57. The van der Waals surface area contributed by atoms with Crippen LogP contribution in [0, 0.1) is 0 Å². The zero-order valence-electron chi connectivity index (χ0n) is 10.3. The molecule has 0 atom stereocenters. The molecule has 16 heavy (non-hydrogen) atoms. The lowest BCUT2D eigenvalue weighted by Crippen LogP contribution is -2.36. The Morgan fingerprint density at radius 3 is 2.56 bits per heavy atom. The molecular formula is C12H21BrN2S. The molecule has 2 N–H and O–H groups in total. The molecule has 92 valence electrons. The lowest BCUT2D eigenvalue weighted by Gasteiger charge is -2.23. The summed E-state index contributed by atoms with van der Waals surface area (Å²) in [5.41, 5.74) is 5.91.